The van der Waals surface area contributed by atoms with Crippen LogP contribution in [-0.2, 0) is 14.9 Å². The van der Waals surface area contributed by atoms with Gasteiger partial charge < -0.3 is 10.5 Å². The first-order valence-corrected chi connectivity index (χ1v) is 8.15. The van der Waals surface area contributed by atoms with Gasteiger partial charge >= 0.3 is 0 Å². The van der Waals surface area contributed by atoms with Crippen LogP contribution >= 0.6 is 0 Å². The van der Waals surface area contributed by atoms with Crippen LogP contribution in [0.5, 0.6) is 0 Å². The van der Waals surface area contributed by atoms with Gasteiger partial charge in [0.2, 0.25) is 0 Å². The molecule has 6 nitrogen and oxygen atoms in total. The van der Waals surface area contributed by atoms with Gasteiger partial charge in [0.15, 0.2) is 0 Å². The highest BCUT2D eigenvalue weighted by molar-refractivity contribution is 7.87. The number of nitrogens with one attached hydrogen (secondary N) is 1. The molecule has 112 valence electrons. The molecule has 0 radical (unpaired) electrons. The number of rotatable bonds is 3. The minimum atomic E-state index is -3.46. The fourth-order valence-corrected chi connectivity index (χ4v) is 5.18. The van der Waals surface area contributed by atoms with Crippen molar-refractivity contribution in [3.05, 3.63) is 0 Å². The summed E-state index contributed by atoms with van der Waals surface area (Å²) in [5.74, 6) is 0. The third-order valence-electron chi connectivity index (χ3n) is 4.67. The summed E-state index contributed by atoms with van der Waals surface area (Å²) in [7, 11) is -3.46. The molecule has 19 heavy (non-hydrogen) atoms. The zero-order chi connectivity index (χ0) is 14.5. The summed E-state index contributed by atoms with van der Waals surface area (Å²) in [6, 6.07) is -0.166. The SMILES string of the molecule is CC1(C)C(N)C(C)(C)C1NS(=O)(=O)N1CCOCC1. The summed E-state index contributed by atoms with van der Waals surface area (Å²) in [4.78, 5) is 0. The van der Waals surface area contributed by atoms with Crippen LogP contribution in [0.15, 0.2) is 0 Å². The van der Waals surface area contributed by atoms with Crippen LogP contribution in [0.1, 0.15) is 27.7 Å². The standard InChI is InChI=1S/C12H25N3O3S/c1-11(2)9(13)12(3,4)10(11)14-19(16,17)15-5-7-18-8-6-15/h9-10,14H,5-8,13H2,1-4H3. The quantitative estimate of drug-likeness (QED) is 0.761. The lowest BCUT2D eigenvalue weighted by Crippen LogP contribution is -2.76. The molecule has 0 spiro atoms. The Morgan fingerprint density at radius 3 is 2.11 bits per heavy atom. The Kier molecular flexibility index (Phi) is 3.73. The molecule has 1 aliphatic heterocycles. The number of hydrogen-bond acceptors (Lipinski definition) is 4. The average Bonchev–Trinajstić information content (AvgIpc) is 2.36. The van der Waals surface area contributed by atoms with Crippen LogP contribution in [0.3, 0.4) is 0 Å². The summed E-state index contributed by atoms with van der Waals surface area (Å²) in [6.07, 6.45) is 0. The van der Waals surface area contributed by atoms with E-state index < -0.39 is 10.2 Å². The zero-order valence-electron chi connectivity index (χ0n) is 12.1. The van der Waals surface area contributed by atoms with E-state index >= 15 is 0 Å². The summed E-state index contributed by atoms with van der Waals surface area (Å²) in [5.41, 5.74) is 5.69. The molecule has 7 heteroatoms. The molecular weight excluding hydrogens is 266 g/mol. The van der Waals surface area contributed by atoms with E-state index in [1.807, 2.05) is 27.7 Å². The summed E-state index contributed by atoms with van der Waals surface area (Å²) in [5, 5.41) is 0. The van der Waals surface area contributed by atoms with Gasteiger partial charge in [0.25, 0.3) is 10.2 Å². The first-order chi connectivity index (χ1) is 8.60. The minimum absolute atomic E-state index is 0.0163. The van der Waals surface area contributed by atoms with Crippen molar-refractivity contribution in [3.63, 3.8) is 0 Å². The molecule has 1 heterocycles. The highest BCUT2D eigenvalue weighted by atomic mass is 32.2. The van der Waals surface area contributed by atoms with E-state index in [4.69, 9.17) is 10.5 Å². The first-order valence-electron chi connectivity index (χ1n) is 6.71. The molecule has 0 bridgehead atoms. The Labute approximate surface area is 115 Å². The van der Waals surface area contributed by atoms with Gasteiger partial charge in [-0.15, -0.1) is 0 Å². The van der Waals surface area contributed by atoms with Crippen molar-refractivity contribution in [2.24, 2.45) is 16.6 Å². The molecule has 0 aromatic rings. The molecule has 2 aliphatic rings. The third-order valence-corrected chi connectivity index (χ3v) is 6.25. The maximum Gasteiger partial charge on any atom is 0.279 e. The Morgan fingerprint density at radius 2 is 1.63 bits per heavy atom. The molecule has 0 amide bonds. The van der Waals surface area contributed by atoms with Crippen LogP contribution in [-0.4, -0.2) is 51.1 Å². The average molecular weight is 291 g/mol. The molecule has 2 fully saturated rings. The Bertz CT molecular complexity index is 425. The second kappa shape index (κ2) is 4.66. The van der Waals surface area contributed by atoms with Crippen molar-refractivity contribution in [2.75, 3.05) is 26.3 Å². The Balaban J connectivity index is 2.12. The number of hydrogen-bond donors (Lipinski definition) is 2. The molecule has 0 aromatic heterocycles. The second-order valence-corrected chi connectivity index (χ2v) is 8.39. The van der Waals surface area contributed by atoms with Crippen molar-refractivity contribution in [1.82, 2.24) is 9.03 Å². The monoisotopic (exact) mass is 291 g/mol. The van der Waals surface area contributed by atoms with Gasteiger partial charge in [0, 0.05) is 25.2 Å². The minimum Gasteiger partial charge on any atom is -0.379 e. The molecule has 1 aliphatic carbocycles. The summed E-state index contributed by atoms with van der Waals surface area (Å²) in [6.45, 7) is 9.77. The van der Waals surface area contributed by atoms with Gasteiger partial charge in [-0.3, -0.25) is 0 Å². The van der Waals surface area contributed by atoms with Gasteiger partial charge in [-0.25, -0.2) is 0 Å². The van der Waals surface area contributed by atoms with E-state index in [2.05, 4.69) is 4.72 Å². The number of nitrogens with zero attached hydrogens (tertiary/aromatic N) is 1. The van der Waals surface area contributed by atoms with E-state index in [0.717, 1.165) is 0 Å². The van der Waals surface area contributed by atoms with Crippen LogP contribution in [0.4, 0.5) is 0 Å². The Hall–Kier alpha value is -0.210. The summed E-state index contributed by atoms with van der Waals surface area (Å²) >= 11 is 0. The normalized spacial score (nSPS) is 34.8. The van der Waals surface area contributed by atoms with Gasteiger partial charge in [0.1, 0.15) is 0 Å². The smallest absolute Gasteiger partial charge is 0.279 e. The van der Waals surface area contributed by atoms with Crippen molar-refractivity contribution >= 4 is 10.2 Å². The maximum atomic E-state index is 12.4. The van der Waals surface area contributed by atoms with Gasteiger partial charge in [0.05, 0.1) is 13.2 Å². The molecule has 1 saturated carbocycles. The van der Waals surface area contributed by atoms with Crippen molar-refractivity contribution in [1.29, 1.82) is 0 Å². The van der Waals surface area contributed by atoms with E-state index in [0.29, 0.717) is 26.3 Å². The lowest BCUT2D eigenvalue weighted by molar-refractivity contribution is -0.0604. The first kappa shape index (κ1) is 15.2. The van der Waals surface area contributed by atoms with Crippen LogP contribution < -0.4 is 10.5 Å². The van der Waals surface area contributed by atoms with Crippen molar-refractivity contribution in [2.45, 2.75) is 39.8 Å². The second-order valence-electron chi connectivity index (χ2n) is 6.69. The van der Waals surface area contributed by atoms with Gasteiger partial charge in [-0.05, 0) is 10.8 Å². The molecule has 3 N–H and O–H groups in total. The predicted molar refractivity (Wildman–Crippen MR) is 73.8 cm³/mol. The lowest BCUT2D eigenvalue weighted by atomic mass is 9.49. The van der Waals surface area contributed by atoms with Crippen molar-refractivity contribution in [3.8, 4) is 0 Å². The number of nitrogens with two attached hydrogens (primary N) is 1. The molecule has 2 rings (SSSR count). The van der Waals surface area contributed by atoms with E-state index in [1.165, 1.54) is 4.31 Å². The fourth-order valence-electron chi connectivity index (χ4n) is 3.49. The molecule has 0 aromatic carbocycles. The lowest BCUT2D eigenvalue weighted by Gasteiger charge is -2.62. The predicted octanol–water partition coefficient (Wildman–Crippen LogP) is -0.0851. The highest BCUT2D eigenvalue weighted by Gasteiger charge is 2.61. The zero-order valence-corrected chi connectivity index (χ0v) is 13.0. The number of morpholine rings is 1. The van der Waals surface area contributed by atoms with Crippen LogP contribution in [0, 0.1) is 10.8 Å². The highest BCUT2D eigenvalue weighted by Crippen LogP contribution is 2.52. The van der Waals surface area contributed by atoms with Gasteiger partial charge in [-0.1, -0.05) is 27.7 Å². The molecule has 0 unspecified atom stereocenters. The van der Waals surface area contributed by atoms with Crippen LogP contribution in [0.2, 0.25) is 0 Å². The number of ether oxygens (including phenoxy) is 1. The fraction of sp³-hybridized carbons (Fsp3) is 1.00. The largest absolute Gasteiger partial charge is 0.379 e. The Morgan fingerprint density at radius 1 is 1.16 bits per heavy atom. The summed E-state index contributed by atoms with van der Waals surface area (Å²) < 4.78 is 34.3. The van der Waals surface area contributed by atoms with E-state index in [-0.39, 0.29) is 22.9 Å². The molecule has 0 atom stereocenters. The maximum absolute atomic E-state index is 12.4. The van der Waals surface area contributed by atoms with E-state index in [1.54, 1.807) is 0 Å². The molecule has 1 saturated heterocycles. The topological polar surface area (TPSA) is 84.7 Å². The molecular formula is C12H25N3O3S. The van der Waals surface area contributed by atoms with Crippen molar-refractivity contribution < 1.29 is 13.2 Å². The van der Waals surface area contributed by atoms with E-state index in [9.17, 15) is 8.42 Å². The van der Waals surface area contributed by atoms with Gasteiger partial charge in [-0.2, -0.15) is 17.4 Å². The third kappa shape index (κ3) is 2.42. The van der Waals surface area contributed by atoms with Crippen LogP contribution in [0.25, 0.3) is 0 Å².